The van der Waals surface area contributed by atoms with E-state index in [4.69, 9.17) is 0 Å². The molecule has 0 aromatic carbocycles. The lowest BCUT2D eigenvalue weighted by atomic mass is 9.43. The van der Waals surface area contributed by atoms with Crippen LogP contribution in [0.1, 0.15) is 72.1 Å². The van der Waals surface area contributed by atoms with Crippen LogP contribution in [0.25, 0.3) is 0 Å². The van der Waals surface area contributed by atoms with Crippen molar-refractivity contribution in [3.63, 3.8) is 0 Å². The lowest BCUT2D eigenvalue weighted by Crippen LogP contribution is -2.61. The molecule has 25 heavy (non-hydrogen) atoms. The summed E-state index contributed by atoms with van der Waals surface area (Å²) >= 11 is 0. The van der Waals surface area contributed by atoms with E-state index in [2.05, 4.69) is 13.8 Å². The summed E-state index contributed by atoms with van der Waals surface area (Å²) in [6.07, 6.45) is 5.73. The maximum absolute atomic E-state index is 11.3. The zero-order valence-corrected chi connectivity index (χ0v) is 16.0. The molecule has 0 aliphatic heterocycles. The number of hydrogen-bond donors (Lipinski definition) is 4. The second-order valence-electron chi connectivity index (χ2n) is 10.3. The Morgan fingerprint density at radius 2 is 1.56 bits per heavy atom. The van der Waals surface area contributed by atoms with Crippen LogP contribution in [0.3, 0.4) is 0 Å². The predicted octanol–water partition coefficient (Wildman–Crippen LogP) is 2.47. The van der Waals surface area contributed by atoms with E-state index in [-0.39, 0.29) is 29.0 Å². The Labute approximate surface area is 151 Å². The maximum Gasteiger partial charge on any atom is 0.0958 e. The second kappa shape index (κ2) is 5.67. The SMILES string of the molecule is C[C@H](O)[C@@]1(O)CC[C@@H]2[C@@H]3C[C@H](O)[C@@H]4C[C@H](O)CC[C@]4(C)[C@@H]3CC[C@]21C. The molecule has 4 nitrogen and oxygen atoms in total. The summed E-state index contributed by atoms with van der Waals surface area (Å²) in [4.78, 5) is 0. The molecule has 0 aromatic rings. The molecule has 0 heterocycles. The quantitative estimate of drug-likeness (QED) is 0.584. The highest BCUT2D eigenvalue weighted by atomic mass is 16.3. The van der Waals surface area contributed by atoms with Crippen LogP contribution in [-0.4, -0.2) is 44.3 Å². The van der Waals surface area contributed by atoms with E-state index >= 15 is 0 Å². The van der Waals surface area contributed by atoms with E-state index in [0.717, 1.165) is 44.9 Å². The van der Waals surface area contributed by atoms with Crippen molar-refractivity contribution in [1.82, 2.24) is 0 Å². The molecule has 4 heteroatoms. The summed E-state index contributed by atoms with van der Waals surface area (Å²) in [7, 11) is 0. The van der Waals surface area contributed by atoms with Gasteiger partial charge in [0.25, 0.3) is 0 Å². The van der Waals surface area contributed by atoms with Crippen molar-refractivity contribution >= 4 is 0 Å². The summed E-state index contributed by atoms with van der Waals surface area (Å²) in [5, 5.41) is 42.6. The predicted molar refractivity (Wildman–Crippen MR) is 95.8 cm³/mol. The van der Waals surface area contributed by atoms with Crippen LogP contribution >= 0.6 is 0 Å². The Hall–Kier alpha value is -0.160. The molecule has 0 bridgehead atoms. The molecule has 4 rings (SSSR count). The third kappa shape index (κ3) is 2.27. The van der Waals surface area contributed by atoms with Crippen molar-refractivity contribution in [2.24, 2.45) is 34.5 Å². The Morgan fingerprint density at radius 3 is 2.24 bits per heavy atom. The molecule has 0 unspecified atom stereocenters. The third-order valence-corrected chi connectivity index (χ3v) is 9.56. The van der Waals surface area contributed by atoms with E-state index in [0.29, 0.717) is 24.2 Å². The van der Waals surface area contributed by atoms with Gasteiger partial charge < -0.3 is 20.4 Å². The maximum atomic E-state index is 11.3. The van der Waals surface area contributed by atoms with Gasteiger partial charge in [0.05, 0.1) is 23.9 Å². The molecule has 0 radical (unpaired) electrons. The Balaban J connectivity index is 1.67. The fourth-order valence-electron chi connectivity index (χ4n) is 8.02. The van der Waals surface area contributed by atoms with Gasteiger partial charge in [-0.15, -0.1) is 0 Å². The molecule has 4 fully saturated rings. The molecule has 144 valence electrons. The summed E-state index contributed by atoms with van der Waals surface area (Å²) < 4.78 is 0. The lowest BCUT2D eigenvalue weighted by Gasteiger charge is -2.62. The van der Waals surface area contributed by atoms with Gasteiger partial charge in [0.15, 0.2) is 0 Å². The van der Waals surface area contributed by atoms with E-state index < -0.39 is 11.7 Å². The van der Waals surface area contributed by atoms with Crippen molar-refractivity contribution in [3.8, 4) is 0 Å². The molecular weight excluding hydrogens is 316 g/mol. The van der Waals surface area contributed by atoms with Crippen LogP contribution in [-0.2, 0) is 0 Å². The van der Waals surface area contributed by atoms with Crippen LogP contribution in [0.5, 0.6) is 0 Å². The number of rotatable bonds is 1. The summed E-state index contributed by atoms with van der Waals surface area (Å²) in [6, 6.07) is 0. The van der Waals surface area contributed by atoms with Crippen LogP contribution in [0, 0.1) is 34.5 Å². The summed E-state index contributed by atoms with van der Waals surface area (Å²) in [5.41, 5.74) is -1.14. The Bertz CT molecular complexity index is 536. The van der Waals surface area contributed by atoms with Crippen molar-refractivity contribution in [2.75, 3.05) is 0 Å². The third-order valence-electron chi connectivity index (χ3n) is 9.56. The number of fused-ring (bicyclic) bond motifs is 5. The van der Waals surface area contributed by atoms with E-state index in [1.54, 1.807) is 6.92 Å². The minimum Gasteiger partial charge on any atom is -0.393 e. The smallest absolute Gasteiger partial charge is 0.0958 e. The molecule has 4 saturated carbocycles. The number of hydrogen-bond acceptors (Lipinski definition) is 4. The zero-order chi connectivity index (χ0) is 18.2. The van der Waals surface area contributed by atoms with E-state index in [1.807, 2.05) is 0 Å². The standard InChI is InChI=1S/C21H36O4/c1-12(22)21(25)9-6-16-14-11-18(24)17-10-13(23)4-7-19(17,2)15(14)5-8-20(16,21)3/h12-18,22-25H,4-11H2,1-3H3/t12-,13+,14+,15+,16+,17-,18-,19+,20+,21-/m0/s1. The topological polar surface area (TPSA) is 80.9 Å². The second-order valence-corrected chi connectivity index (χ2v) is 10.3. The normalized spacial score (nSPS) is 59.6. The monoisotopic (exact) mass is 352 g/mol. The highest BCUT2D eigenvalue weighted by Crippen LogP contribution is 2.68. The average Bonchev–Trinajstić information content (AvgIpc) is 2.83. The van der Waals surface area contributed by atoms with Gasteiger partial charge in [0.1, 0.15) is 0 Å². The number of aliphatic hydroxyl groups excluding tert-OH is 3. The van der Waals surface area contributed by atoms with Gasteiger partial charge in [0, 0.05) is 5.41 Å². The first-order valence-corrected chi connectivity index (χ1v) is 10.4. The van der Waals surface area contributed by atoms with Crippen LogP contribution < -0.4 is 0 Å². The van der Waals surface area contributed by atoms with Crippen molar-refractivity contribution in [3.05, 3.63) is 0 Å². The molecular formula is C21H36O4. The van der Waals surface area contributed by atoms with Crippen LogP contribution in [0.2, 0.25) is 0 Å². The van der Waals surface area contributed by atoms with Crippen molar-refractivity contribution in [2.45, 2.75) is 96.1 Å². The largest absolute Gasteiger partial charge is 0.393 e. The first-order chi connectivity index (χ1) is 11.6. The van der Waals surface area contributed by atoms with Gasteiger partial charge in [-0.05, 0) is 87.4 Å². The minimum atomic E-state index is -0.992. The fraction of sp³-hybridized carbons (Fsp3) is 1.00. The Morgan fingerprint density at radius 1 is 0.880 bits per heavy atom. The highest BCUT2D eigenvalue weighted by molar-refractivity contribution is 5.16. The first kappa shape index (κ1) is 18.2. The van der Waals surface area contributed by atoms with Gasteiger partial charge in [-0.25, -0.2) is 0 Å². The highest BCUT2D eigenvalue weighted by Gasteiger charge is 2.66. The molecule has 4 N–H and O–H groups in total. The molecule has 4 aliphatic carbocycles. The molecule has 0 aromatic heterocycles. The number of aliphatic hydroxyl groups is 4. The van der Waals surface area contributed by atoms with Crippen LogP contribution in [0.4, 0.5) is 0 Å². The molecule has 10 atom stereocenters. The lowest BCUT2D eigenvalue weighted by molar-refractivity contribution is -0.203. The summed E-state index contributed by atoms with van der Waals surface area (Å²) in [5.74, 6) is 1.59. The fourth-order valence-corrected chi connectivity index (χ4v) is 8.02. The van der Waals surface area contributed by atoms with Gasteiger partial charge in [-0.3, -0.25) is 0 Å². The van der Waals surface area contributed by atoms with Gasteiger partial charge >= 0.3 is 0 Å². The molecule has 4 aliphatic rings. The van der Waals surface area contributed by atoms with Gasteiger partial charge in [0.2, 0.25) is 0 Å². The van der Waals surface area contributed by atoms with Crippen molar-refractivity contribution in [1.29, 1.82) is 0 Å². The van der Waals surface area contributed by atoms with Gasteiger partial charge in [-0.2, -0.15) is 0 Å². The minimum absolute atomic E-state index is 0.106. The zero-order valence-electron chi connectivity index (χ0n) is 16.0. The molecule has 0 saturated heterocycles. The van der Waals surface area contributed by atoms with Crippen LogP contribution in [0.15, 0.2) is 0 Å². The van der Waals surface area contributed by atoms with E-state index in [9.17, 15) is 20.4 Å². The van der Waals surface area contributed by atoms with Crippen molar-refractivity contribution < 1.29 is 20.4 Å². The van der Waals surface area contributed by atoms with Gasteiger partial charge in [-0.1, -0.05) is 13.8 Å². The molecule has 0 spiro atoms. The van der Waals surface area contributed by atoms with E-state index in [1.165, 1.54) is 0 Å². The average molecular weight is 353 g/mol. The Kier molecular flexibility index (Phi) is 4.13. The molecule has 0 amide bonds. The summed E-state index contributed by atoms with van der Waals surface area (Å²) in [6.45, 7) is 6.26. The first-order valence-electron chi connectivity index (χ1n) is 10.4.